The minimum atomic E-state index is 0.0451. The molecule has 1 amide bonds. The van der Waals surface area contributed by atoms with Gasteiger partial charge in [-0.1, -0.05) is 12.2 Å². The Balaban J connectivity index is 3.86. The summed E-state index contributed by atoms with van der Waals surface area (Å²) in [4.78, 5) is 15.1. The minimum absolute atomic E-state index is 0.0451. The van der Waals surface area contributed by atoms with Gasteiger partial charge in [0.15, 0.2) is 0 Å². The van der Waals surface area contributed by atoms with Gasteiger partial charge in [-0.05, 0) is 0 Å². The first-order chi connectivity index (χ1) is 4.95. The molecule has 0 bridgehead atoms. The van der Waals surface area contributed by atoms with Gasteiger partial charge >= 0.3 is 0 Å². The van der Waals surface area contributed by atoms with Gasteiger partial charge in [-0.2, -0.15) is 0 Å². The fourth-order valence-electron chi connectivity index (χ4n) is 0.446. The summed E-state index contributed by atoms with van der Waals surface area (Å²) in [5, 5.41) is 0. The number of carbonyl (C=O) groups excluding carboxylic acids is 1. The molecule has 0 aliphatic rings. The highest BCUT2D eigenvalue weighted by atomic mass is 32.1. The Kier molecular flexibility index (Phi) is 4.03. The van der Waals surface area contributed by atoms with Crippen LogP contribution in [0.1, 0.15) is 6.42 Å². The summed E-state index contributed by atoms with van der Waals surface area (Å²) >= 11 is 4.95. The topological polar surface area (TPSA) is 23.6 Å². The first-order valence-electron chi connectivity index (χ1n) is 3.35. The van der Waals surface area contributed by atoms with E-state index >= 15 is 0 Å². The summed E-state index contributed by atoms with van der Waals surface area (Å²) < 4.78 is 0. The van der Waals surface area contributed by atoms with Crippen molar-refractivity contribution in [2.24, 2.45) is 0 Å². The molecule has 3 nitrogen and oxygen atoms in total. The number of carbonyl (C=O) groups is 1. The highest BCUT2D eigenvalue weighted by Gasteiger charge is 2.08. The molecule has 0 atom stereocenters. The van der Waals surface area contributed by atoms with Gasteiger partial charge in [-0.25, -0.2) is 0 Å². The summed E-state index contributed by atoms with van der Waals surface area (Å²) in [7, 11) is 7.12. The number of thiocarbonyl (C=S) groups is 1. The van der Waals surface area contributed by atoms with E-state index in [2.05, 4.69) is 0 Å². The van der Waals surface area contributed by atoms with Crippen molar-refractivity contribution in [3.8, 4) is 0 Å². The van der Waals surface area contributed by atoms with Crippen molar-refractivity contribution in [1.82, 2.24) is 9.80 Å². The number of nitrogens with zero attached hydrogens (tertiary/aromatic N) is 2. The zero-order valence-corrected chi connectivity index (χ0v) is 8.23. The standard InChI is InChI=1S/C7H14N2OS/c1-8(2)6(10)5-7(11)9(3)4/h5H2,1-4H3. The summed E-state index contributed by atoms with van der Waals surface area (Å²) in [6.07, 6.45) is 0.329. The largest absolute Gasteiger partial charge is 0.372 e. The Morgan fingerprint density at radius 1 is 1.18 bits per heavy atom. The molecule has 4 heteroatoms. The SMILES string of the molecule is CN(C)C(=O)CC(=S)N(C)C. The molecule has 0 aromatic rings. The zero-order valence-electron chi connectivity index (χ0n) is 7.42. The molecule has 0 aliphatic carbocycles. The molecule has 11 heavy (non-hydrogen) atoms. The lowest BCUT2D eigenvalue weighted by atomic mass is 10.3. The van der Waals surface area contributed by atoms with Gasteiger partial charge in [0.1, 0.15) is 0 Å². The van der Waals surface area contributed by atoms with Crippen LogP contribution in [0.25, 0.3) is 0 Å². The number of hydrogen-bond acceptors (Lipinski definition) is 2. The van der Waals surface area contributed by atoms with Crippen LogP contribution < -0.4 is 0 Å². The third-order valence-electron chi connectivity index (χ3n) is 1.30. The van der Waals surface area contributed by atoms with Crippen molar-refractivity contribution in [3.63, 3.8) is 0 Å². The molecule has 0 fully saturated rings. The van der Waals surface area contributed by atoms with Crippen LogP contribution in [0.5, 0.6) is 0 Å². The quantitative estimate of drug-likeness (QED) is 0.565. The molecule has 0 aliphatic heterocycles. The Morgan fingerprint density at radius 2 is 1.64 bits per heavy atom. The van der Waals surface area contributed by atoms with Crippen LogP contribution >= 0.6 is 12.2 Å². The molecule has 64 valence electrons. The maximum Gasteiger partial charge on any atom is 0.228 e. The van der Waals surface area contributed by atoms with Gasteiger partial charge in [0, 0.05) is 28.2 Å². The highest BCUT2D eigenvalue weighted by molar-refractivity contribution is 7.80. The van der Waals surface area contributed by atoms with Crippen LogP contribution in [0.15, 0.2) is 0 Å². The van der Waals surface area contributed by atoms with Crippen molar-refractivity contribution in [2.75, 3.05) is 28.2 Å². The van der Waals surface area contributed by atoms with E-state index in [4.69, 9.17) is 12.2 Å². The van der Waals surface area contributed by atoms with Crippen molar-refractivity contribution in [1.29, 1.82) is 0 Å². The summed E-state index contributed by atoms with van der Waals surface area (Å²) in [6, 6.07) is 0. The Morgan fingerprint density at radius 3 is 1.91 bits per heavy atom. The molecular weight excluding hydrogens is 160 g/mol. The van der Waals surface area contributed by atoms with E-state index in [1.807, 2.05) is 14.1 Å². The molecule has 0 aromatic heterocycles. The smallest absolute Gasteiger partial charge is 0.228 e. The molecule has 0 saturated carbocycles. The second kappa shape index (κ2) is 4.28. The van der Waals surface area contributed by atoms with E-state index in [1.54, 1.807) is 19.0 Å². The van der Waals surface area contributed by atoms with Gasteiger partial charge in [-0.3, -0.25) is 4.79 Å². The third kappa shape index (κ3) is 3.93. The van der Waals surface area contributed by atoms with Crippen LogP contribution in [0, 0.1) is 0 Å². The van der Waals surface area contributed by atoms with Crippen LogP contribution in [0.4, 0.5) is 0 Å². The minimum Gasteiger partial charge on any atom is -0.372 e. The van der Waals surface area contributed by atoms with E-state index in [-0.39, 0.29) is 5.91 Å². The van der Waals surface area contributed by atoms with Crippen LogP contribution in [-0.2, 0) is 4.79 Å². The lowest BCUT2D eigenvalue weighted by Crippen LogP contribution is -2.29. The Bertz CT molecular complexity index is 148. The molecule has 0 spiro atoms. The van der Waals surface area contributed by atoms with Crippen molar-refractivity contribution >= 4 is 23.1 Å². The molecule has 0 saturated heterocycles. The lowest BCUT2D eigenvalue weighted by molar-refractivity contribution is -0.127. The molecule has 0 heterocycles. The fourth-order valence-corrected chi connectivity index (χ4v) is 0.569. The average molecular weight is 174 g/mol. The van der Waals surface area contributed by atoms with Crippen LogP contribution in [0.3, 0.4) is 0 Å². The van der Waals surface area contributed by atoms with E-state index in [1.165, 1.54) is 4.90 Å². The molecule has 0 rings (SSSR count). The molecule has 0 N–H and O–H groups in total. The monoisotopic (exact) mass is 174 g/mol. The summed E-state index contributed by atoms with van der Waals surface area (Å²) in [6.45, 7) is 0. The van der Waals surface area contributed by atoms with Crippen LogP contribution in [-0.4, -0.2) is 48.9 Å². The number of rotatable bonds is 2. The Hall–Kier alpha value is -0.640. The van der Waals surface area contributed by atoms with E-state index in [0.717, 1.165) is 0 Å². The van der Waals surface area contributed by atoms with Crippen molar-refractivity contribution in [3.05, 3.63) is 0 Å². The van der Waals surface area contributed by atoms with Gasteiger partial charge in [0.2, 0.25) is 5.91 Å². The summed E-state index contributed by atoms with van der Waals surface area (Å²) in [5.74, 6) is 0.0451. The van der Waals surface area contributed by atoms with Gasteiger partial charge in [-0.15, -0.1) is 0 Å². The second-order valence-electron chi connectivity index (χ2n) is 2.75. The predicted octanol–water partition coefficient (Wildman–Crippen LogP) is 0.354. The number of hydrogen-bond donors (Lipinski definition) is 0. The molecule has 0 unspecified atom stereocenters. The van der Waals surface area contributed by atoms with E-state index < -0.39 is 0 Å². The van der Waals surface area contributed by atoms with E-state index in [0.29, 0.717) is 11.4 Å². The predicted molar refractivity (Wildman–Crippen MR) is 49.6 cm³/mol. The first-order valence-corrected chi connectivity index (χ1v) is 3.76. The fraction of sp³-hybridized carbons (Fsp3) is 0.714. The number of amides is 1. The lowest BCUT2D eigenvalue weighted by Gasteiger charge is -2.15. The van der Waals surface area contributed by atoms with Crippen molar-refractivity contribution < 1.29 is 4.79 Å². The molecule has 0 radical (unpaired) electrons. The van der Waals surface area contributed by atoms with E-state index in [9.17, 15) is 4.79 Å². The maximum atomic E-state index is 11.1. The zero-order chi connectivity index (χ0) is 9.02. The highest BCUT2D eigenvalue weighted by Crippen LogP contribution is 1.93. The maximum absolute atomic E-state index is 11.1. The summed E-state index contributed by atoms with van der Waals surface area (Å²) in [5.41, 5.74) is 0. The Labute approximate surface area is 73.0 Å². The molecule has 0 aromatic carbocycles. The first kappa shape index (κ1) is 10.4. The third-order valence-corrected chi connectivity index (χ3v) is 1.81. The molecular formula is C7H14N2OS. The van der Waals surface area contributed by atoms with Gasteiger partial charge < -0.3 is 9.80 Å². The van der Waals surface area contributed by atoms with Crippen molar-refractivity contribution in [2.45, 2.75) is 6.42 Å². The average Bonchev–Trinajstić information content (AvgIpc) is 1.87. The van der Waals surface area contributed by atoms with Crippen LogP contribution in [0.2, 0.25) is 0 Å². The second-order valence-corrected chi connectivity index (χ2v) is 3.22. The van der Waals surface area contributed by atoms with Gasteiger partial charge in [0.05, 0.1) is 11.4 Å². The van der Waals surface area contributed by atoms with Gasteiger partial charge in [0.25, 0.3) is 0 Å². The normalized spacial score (nSPS) is 9.09.